The van der Waals surface area contributed by atoms with Crippen LogP contribution in [0, 0.1) is 0 Å². The molecule has 0 fully saturated rings. The van der Waals surface area contributed by atoms with Crippen molar-refractivity contribution in [2.45, 2.75) is 91.1 Å². The number of fused-ring (bicyclic) bond motifs is 1. The fourth-order valence-electron chi connectivity index (χ4n) is 7.26. The van der Waals surface area contributed by atoms with Crippen LogP contribution in [0.5, 0.6) is 0 Å². The summed E-state index contributed by atoms with van der Waals surface area (Å²) in [4.78, 5) is 4.48. The van der Waals surface area contributed by atoms with Gasteiger partial charge in [0.15, 0.2) is 0 Å². The van der Waals surface area contributed by atoms with Crippen LogP contribution in [0.2, 0.25) is 13.3 Å². The van der Waals surface area contributed by atoms with Crippen LogP contribution in [0.4, 0.5) is 0 Å². The van der Waals surface area contributed by atoms with Gasteiger partial charge in [-0.15, -0.1) is 0 Å². The predicted molar refractivity (Wildman–Crippen MR) is 182 cm³/mol. The van der Waals surface area contributed by atoms with Crippen LogP contribution in [0.25, 0.3) is 0 Å². The van der Waals surface area contributed by atoms with Crippen molar-refractivity contribution in [2.75, 3.05) is 6.54 Å². The molecule has 3 heteroatoms. The summed E-state index contributed by atoms with van der Waals surface area (Å²) in [6.07, 6.45) is 9.45. The zero-order valence-electron chi connectivity index (χ0n) is 25.6. The van der Waals surface area contributed by atoms with Crippen molar-refractivity contribution >= 4 is 32.6 Å². The van der Waals surface area contributed by atoms with Gasteiger partial charge in [0.1, 0.15) is 0 Å². The molecule has 0 spiro atoms. The molecule has 1 aromatic heterocycles. The number of thiophene rings is 1. The Kier molecular flexibility index (Phi) is 10.8. The first-order valence-electron chi connectivity index (χ1n) is 16.2. The second-order valence-corrected chi connectivity index (χ2v) is 27.4. The first-order valence-corrected chi connectivity index (χ1v) is 24.5. The normalized spacial score (nSPS) is 14.2. The van der Waals surface area contributed by atoms with Gasteiger partial charge in [-0.2, -0.15) is 0 Å². The Balaban J connectivity index is 1.61. The van der Waals surface area contributed by atoms with Crippen LogP contribution in [-0.2, 0) is 18.5 Å². The molecule has 4 aromatic rings. The van der Waals surface area contributed by atoms with Crippen molar-refractivity contribution in [3.05, 3.63) is 124 Å². The number of benzene rings is 3. The van der Waals surface area contributed by atoms with Crippen molar-refractivity contribution in [3.8, 4) is 0 Å². The van der Waals surface area contributed by atoms with E-state index in [9.17, 15) is 0 Å². The molecule has 0 amide bonds. The second kappa shape index (κ2) is 14.5. The van der Waals surface area contributed by atoms with E-state index in [-0.39, 0.29) is 5.54 Å². The molecule has 0 unspecified atom stereocenters. The molecule has 5 rings (SSSR count). The fraction of sp³-hybridized carbons (Fsp3) is 0.421. The first kappa shape index (κ1) is 30.6. The van der Waals surface area contributed by atoms with Gasteiger partial charge in [-0.05, 0) is 0 Å². The molecule has 0 radical (unpaired) electrons. The summed E-state index contributed by atoms with van der Waals surface area (Å²) in [5, 5.41) is 0. The van der Waals surface area contributed by atoms with E-state index in [4.69, 9.17) is 0 Å². The van der Waals surface area contributed by atoms with Gasteiger partial charge in [0.05, 0.1) is 0 Å². The van der Waals surface area contributed by atoms with Crippen molar-refractivity contribution in [1.82, 2.24) is 4.90 Å². The monoisotopic (exact) mass is 671 g/mol. The van der Waals surface area contributed by atoms with Gasteiger partial charge < -0.3 is 0 Å². The first-order chi connectivity index (χ1) is 20.2. The number of hydrogen-bond acceptors (Lipinski definition) is 2. The summed E-state index contributed by atoms with van der Waals surface area (Å²) in [6.45, 7) is 9.27. The number of hydrogen-bond donors (Lipinski definition) is 0. The molecule has 216 valence electrons. The zero-order chi connectivity index (χ0) is 28.5. The minimum absolute atomic E-state index is 0.323. The van der Waals surface area contributed by atoms with Crippen LogP contribution in [0.1, 0.15) is 86.4 Å². The Morgan fingerprint density at radius 1 is 0.659 bits per heavy atom. The van der Waals surface area contributed by atoms with E-state index in [1.807, 2.05) is 2.89 Å². The molecule has 2 heterocycles. The summed E-state index contributed by atoms with van der Waals surface area (Å²) in [5.74, 6) is 0. The molecule has 3 aromatic carbocycles. The summed E-state index contributed by atoms with van der Waals surface area (Å²) in [5.41, 5.74) is 5.38. The average Bonchev–Trinajstić information content (AvgIpc) is 3.47. The molecule has 0 saturated carbocycles. The maximum absolute atomic E-state index is 2.80. The van der Waals surface area contributed by atoms with E-state index in [2.05, 4.69) is 134 Å². The third kappa shape index (κ3) is 6.40. The van der Waals surface area contributed by atoms with Gasteiger partial charge in [0, 0.05) is 0 Å². The minimum atomic E-state index is -2.46. The molecular weight excluding hydrogens is 621 g/mol. The van der Waals surface area contributed by atoms with Gasteiger partial charge >= 0.3 is 259 Å². The van der Waals surface area contributed by atoms with E-state index in [1.54, 1.807) is 23.8 Å². The zero-order valence-corrected chi connectivity index (χ0v) is 29.2. The Labute approximate surface area is 257 Å². The third-order valence-corrected chi connectivity index (χ3v) is 28.9. The Bertz CT molecular complexity index is 1210. The van der Waals surface area contributed by atoms with E-state index in [0.717, 1.165) is 19.5 Å². The van der Waals surface area contributed by atoms with E-state index in [0.29, 0.717) is 0 Å². The summed E-state index contributed by atoms with van der Waals surface area (Å²) in [7, 11) is 0. The Morgan fingerprint density at radius 3 is 1.51 bits per heavy atom. The third-order valence-electron chi connectivity index (χ3n) is 9.47. The number of nitrogens with zero attached hydrogens (tertiary/aromatic N) is 1. The average molecular weight is 671 g/mol. The standard InChI is InChI=1S/C26H22NS.3C4H9.Sn/c1-4-10-22(11-5-1)26(23-12-6-2-7-13-23,24-14-8-3-9-15-24)27-18-16-25-21(20-27)17-19-28-25;3*1-3-4-2;/h1-15,17H,16,18,20H2;3*1,3-4H2,2H3;. The number of unbranched alkanes of at least 4 members (excludes halogenated alkanes) is 3. The molecule has 1 aliphatic rings. The summed E-state index contributed by atoms with van der Waals surface area (Å²) >= 11 is -0.202. The van der Waals surface area contributed by atoms with Crippen molar-refractivity contribution in [1.29, 1.82) is 0 Å². The maximum atomic E-state index is 2.80. The molecule has 0 aliphatic carbocycles. The topological polar surface area (TPSA) is 3.24 Å². The molecule has 0 atom stereocenters. The van der Waals surface area contributed by atoms with Crippen LogP contribution in [0.15, 0.2) is 97.1 Å². The van der Waals surface area contributed by atoms with Gasteiger partial charge in [-0.3, -0.25) is 0 Å². The van der Waals surface area contributed by atoms with E-state index in [1.165, 1.54) is 55.2 Å². The fourth-order valence-corrected chi connectivity index (χ4v) is 27.8. The molecule has 1 nitrogen and oxygen atoms in total. The Hall–Kier alpha value is -1.88. The SMILES string of the molecule is CCC[CH2][Sn]([CH2]CCC)([CH2]CCC)[c]1cc2c(s1)CCN(C(c1ccccc1)(c1ccccc1)c1ccccc1)C2. The number of rotatable bonds is 14. The van der Waals surface area contributed by atoms with Crippen molar-refractivity contribution in [2.24, 2.45) is 0 Å². The molecule has 1 aliphatic heterocycles. The summed E-state index contributed by atoms with van der Waals surface area (Å²) < 4.78 is 6.55. The van der Waals surface area contributed by atoms with Gasteiger partial charge in [-0.25, -0.2) is 0 Å². The molecule has 0 N–H and O–H groups in total. The van der Waals surface area contributed by atoms with Crippen LogP contribution in [0.3, 0.4) is 0 Å². The second-order valence-electron chi connectivity index (χ2n) is 12.1. The molecule has 0 bridgehead atoms. The van der Waals surface area contributed by atoms with Gasteiger partial charge in [0.2, 0.25) is 0 Å². The van der Waals surface area contributed by atoms with Gasteiger partial charge in [-0.1, -0.05) is 0 Å². The molecular formula is C38H49NSSn. The summed E-state index contributed by atoms with van der Waals surface area (Å²) in [6, 6.07) is 36.6. The van der Waals surface area contributed by atoms with Gasteiger partial charge in [0.25, 0.3) is 0 Å². The van der Waals surface area contributed by atoms with E-state index < -0.39 is 18.4 Å². The van der Waals surface area contributed by atoms with Crippen molar-refractivity contribution < 1.29 is 0 Å². The van der Waals surface area contributed by atoms with Crippen LogP contribution in [-0.4, -0.2) is 29.8 Å². The Morgan fingerprint density at radius 2 is 1.10 bits per heavy atom. The van der Waals surface area contributed by atoms with Crippen LogP contribution >= 0.6 is 11.3 Å². The molecule has 0 saturated heterocycles. The van der Waals surface area contributed by atoms with Crippen molar-refractivity contribution in [3.63, 3.8) is 0 Å². The van der Waals surface area contributed by atoms with Crippen LogP contribution < -0.4 is 2.89 Å². The predicted octanol–water partition coefficient (Wildman–Crippen LogP) is 10.2. The molecule has 41 heavy (non-hydrogen) atoms. The van der Waals surface area contributed by atoms with E-state index >= 15 is 0 Å². The quantitative estimate of drug-likeness (QED) is 0.0954.